The van der Waals surface area contributed by atoms with Crippen molar-refractivity contribution in [1.29, 1.82) is 0 Å². The highest BCUT2D eigenvalue weighted by molar-refractivity contribution is 5.86. The molecule has 0 bridgehead atoms. The van der Waals surface area contributed by atoms with E-state index in [4.69, 9.17) is 0 Å². The molecule has 1 aromatic carbocycles. The van der Waals surface area contributed by atoms with Crippen molar-refractivity contribution in [1.82, 2.24) is 0 Å². The van der Waals surface area contributed by atoms with E-state index in [1.165, 1.54) is 11.1 Å². The van der Waals surface area contributed by atoms with E-state index in [-0.39, 0.29) is 49.6 Å². The SMILES string of the molecule is Cc1ccccc1C.Cl.Cl.Cl.Cl. The van der Waals surface area contributed by atoms with Crippen LogP contribution in [-0.2, 0) is 0 Å². The maximum absolute atomic E-state index is 2.12. The lowest BCUT2D eigenvalue weighted by atomic mass is 10.1. The highest BCUT2D eigenvalue weighted by atomic mass is 35.5. The van der Waals surface area contributed by atoms with Crippen molar-refractivity contribution in [3.8, 4) is 0 Å². The fraction of sp³-hybridized carbons (Fsp3) is 0.250. The van der Waals surface area contributed by atoms with Gasteiger partial charge in [-0.2, -0.15) is 0 Å². The van der Waals surface area contributed by atoms with E-state index in [0.29, 0.717) is 0 Å². The predicted octanol–water partition coefficient (Wildman–Crippen LogP) is 3.99. The van der Waals surface area contributed by atoms with Gasteiger partial charge >= 0.3 is 0 Å². The second-order valence-electron chi connectivity index (χ2n) is 2.08. The average Bonchev–Trinajstić information content (AvgIpc) is 1.77. The summed E-state index contributed by atoms with van der Waals surface area (Å²) in [4.78, 5) is 0. The van der Waals surface area contributed by atoms with Gasteiger partial charge in [-0.1, -0.05) is 24.3 Å². The summed E-state index contributed by atoms with van der Waals surface area (Å²) in [7, 11) is 0. The summed E-state index contributed by atoms with van der Waals surface area (Å²) < 4.78 is 0. The number of hydrogen-bond acceptors (Lipinski definition) is 0. The minimum atomic E-state index is 0. The quantitative estimate of drug-likeness (QED) is 0.654. The van der Waals surface area contributed by atoms with Crippen molar-refractivity contribution in [3.05, 3.63) is 35.4 Å². The minimum Gasteiger partial charge on any atom is -0.147 e. The van der Waals surface area contributed by atoms with Gasteiger partial charge in [-0.15, -0.1) is 49.6 Å². The van der Waals surface area contributed by atoms with Crippen LogP contribution in [-0.4, -0.2) is 0 Å². The third kappa shape index (κ3) is 7.05. The highest BCUT2D eigenvalue weighted by Crippen LogP contribution is 2.02. The molecule has 0 aliphatic rings. The largest absolute Gasteiger partial charge is 0.147 e. The fourth-order valence-corrected chi connectivity index (χ4v) is 0.663. The molecule has 0 radical (unpaired) electrons. The third-order valence-corrected chi connectivity index (χ3v) is 1.43. The Balaban J connectivity index is -0.0000000800. The minimum absolute atomic E-state index is 0. The molecule has 0 aliphatic carbocycles. The molecular formula is C8H14Cl4. The van der Waals surface area contributed by atoms with Crippen LogP contribution in [0.1, 0.15) is 11.1 Å². The van der Waals surface area contributed by atoms with Crippen LogP contribution in [0.5, 0.6) is 0 Å². The van der Waals surface area contributed by atoms with Crippen LogP contribution >= 0.6 is 49.6 Å². The van der Waals surface area contributed by atoms with Crippen molar-refractivity contribution in [2.75, 3.05) is 0 Å². The molecule has 0 atom stereocenters. The van der Waals surface area contributed by atoms with Crippen molar-refractivity contribution in [2.24, 2.45) is 0 Å². The molecule has 0 aromatic heterocycles. The molecule has 0 fully saturated rings. The van der Waals surface area contributed by atoms with Crippen molar-refractivity contribution in [2.45, 2.75) is 13.8 Å². The third-order valence-electron chi connectivity index (χ3n) is 1.43. The Labute approximate surface area is 98.8 Å². The van der Waals surface area contributed by atoms with Gasteiger partial charge in [-0.25, -0.2) is 0 Å². The summed E-state index contributed by atoms with van der Waals surface area (Å²) in [6.45, 7) is 4.24. The normalized spacial score (nSPS) is 6.17. The molecule has 74 valence electrons. The standard InChI is InChI=1S/C8H10.4ClH/c1-7-5-3-4-6-8(7)2;;;;/h3-6H,1-2H3;4*1H. The number of aryl methyl sites for hydroxylation is 2. The molecule has 0 N–H and O–H groups in total. The van der Waals surface area contributed by atoms with E-state index < -0.39 is 0 Å². The summed E-state index contributed by atoms with van der Waals surface area (Å²) in [6, 6.07) is 8.36. The average molecular weight is 252 g/mol. The monoisotopic (exact) mass is 250 g/mol. The maximum atomic E-state index is 2.12. The van der Waals surface area contributed by atoms with Gasteiger partial charge in [-0.3, -0.25) is 0 Å². The Bertz CT molecular complexity index is 167. The molecule has 0 unspecified atom stereocenters. The summed E-state index contributed by atoms with van der Waals surface area (Å²) in [6.07, 6.45) is 0. The van der Waals surface area contributed by atoms with Crippen LogP contribution in [0.3, 0.4) is 0 Å². The first-order valence-corrected chi connectivity index (χ1v) is 2.83. The number of halogens is 4. The van der Waals surface area contributed by atoms with Crippen LogP contribution in [0.2, 0.25) is 0 Å². The van der Waals surface area contributed by atoms with Gasteiger partial charge in [-0.05, 0) is 25.0 Å². The van der Waals surface area contributed by atoms with E-state index in [1.54, 1.807) is 0 Å². The first-order valence-electron chi connectivity index (χ1n) is 2.83. The molecule has 0 amide bonds. The predicted molar refractivity (Wildman–Crippen MR) is 64.9 cm³/mol. The Morgan fingerprint density at radius 2 is 0.917 bits per heavy atom. The van der Waals surface area contributed by atoms with E-state index in [1.807, 2.05) is 0 Å². The molecule has 0 spiro atoms. The molecule has 0 aliphatic heterocycles. The second kappa shape index (κ2) is 11.4. The van der Waals surface area contributed by atoms with E-state index in [0.717, 1.165) is 0 Å². The molecule has 0 saturated carbocycles. The first kappa shape index (κ1) is 22.8. The highest BCUT2D eigenvalue weighted by Gasteiger charge is 1.83. The zero-order valence-corrected chi connectivity index (χ0v) is 10.2. The molecule has 4 heteroatoms. The molecule has 0 saturated heterocycles. The lowest BCUT2D eigenvalue weighted by molar-refractivity contribution is 1.34. The van der Waals surface area contributed by atoms with Crippen LogP contribution in [0.25, 0.3) is 0 Å². The van der Waals surface area contributed by atoms with E-state index >= 15 is 0 Å². The lowest BCUT2D eigenvalue weighted by Gasteiger charge is -1.93. The zero-order chi connectivity index (χ0) is 5.98. The van der Waals surface area contributed by atoms with Crippen LogP contribution < -0.4 is 0 Å². The van der Waals surface area contributed by atoms with Crippen molar-refractivity contribution >= 4 is 49.6 Å². The van der Waals surface area contributed by atoms with Gasteiger partial charge < -0.3 is 0 Å². The molecule has 12 heavy (non-hydrogen) atoms. The summed E-state index contributed by atoms with van der Waals surface area (Å²) >= 11 is 0. The molecule has 1 aromatic rings. The van der Waals surface area contributed by atoms with Crippen LogP contribution in [0.4, 0.5) is 0 Å². The molecular weight excluding hydrogens is 238 g/mol. The van der Waals surface area contributed by atoms with Crippen molar-refractivity contribution in [3.63, 3.8) is 0 Å². The Morgan fingerprint density at radius 3 is 1.08 bits per heavy atom. The van der Waals surface area contributed by atoms with Gasteiger partial charge in [0.05, 0.1) is 0 Å². The Hall–Kier alpha value is 0.380. The molecule has 0 heterocycles. The topological polar surface area (TPSA) is 0 Å². The van der Waals surface area contributed by atoms with Gasteiger partial charge in [0.15, 0.2) is 0 Å². The number of benzene rings is 1. The smallest absolute Gasteiger partial charge is 0.0395 e. The van der Waals surface area contributed by atoms with E-state index in [2.05, 4.69) is 38.1 Å². The van der Waals surface area contributed by atoms with Gasteiger partial charge in [0.25, 0.3) is 0 Å². The number of rotatable bonds is 0. The van der Waals surface area contributed by atoms with Crippen molar-refractivity contribution < 1.29 is 0 Å². The lowest BCUT2D eigenvalue weighted by Crippen LogP contribution is -1.74. The molecule has 1 rings (SSSR count). The van der Waals surface area contributed by atoms with E-state index in [9.17, 15) is 0 Å². The fourth-order valence-electron chi connectivity index (χ4n) is 0.663. The van der Waals surface area contributed by atoms with Crippen LogP contribution in [0.15, 0.2) is 24.3 Å². The van der Waals surface area contributed by atoms with Gasteiger partial charge in [0.1, 0.15) is 0 Å². The van der Waals surface area contributed by atoms with Gasteiger partial charge in [0.2, 0.25) is 0 Å². The summed E-state index contributed by atoms with van der Waals surface area (Å²) in [5, 5.41) is 0. The van der Waals surface area contributed by atoms with Gasteiger partial charge in [0, 0.05) is 0 Å². The zero-order valence-electron chi connectivity index (χ0n) is 6.94. The Morgan fingerprint density at radius 1 is 0.667 bits per heavy atom. The molecule has 0 nitrogen and oxygen atoms in total. The summed E-state index contributed by atoms with van der Waals surface area (Å²) in [5.74, 6) is 0. The van der Waals surface area contributed by atoms with Crippen LogP contribution in [0, 0.1) is 13.8 Å². The maximum Gasteiger partial charge on any atom is -0.0395 e. The second-order valence-corrected chi connectivity index (χ2v) is 2.08. The Kier molecular flexibility index (Phi) is 21.7. The summed E-state index contributed by atoms with van der Waals surface area (Å²) in [5.41, 5.74) is 2.74. The first-order chi connectivity index (χ1) is 3.80. The number of hydrogen-bond donors (Lipinski definition) is 0.